The zero-order valence-electron chi connectivity index (χ0n) is 13.3. The summed E-state index contributed by atoms with van der Waals surface area (Å²) in [5, 5.41) is 19.6. The van der Waals surface area contributed by atoms with Gasteiger partial charge in [0, 0.05) is 20.1 Å². The molecule has 2 heterocycles. The molecule has 13 heteroatoms. The number of carboxylic acid groups (broad SMARTS) is 1. The number of sulfonamides is 1. The first-order chi connectivity index (χ1) is 12.2. The van der Waals surface area contributed by atoms with Crippen molar-refractivity contribution in [1.82, 2.24) is 24.5 Å². The molecule has 1 aromatic heterocycles. The van der Waals surface area contributed by atoms with Crippen LogP contribution in [-0.2, 0) is 21.8 Å². The van der Waals surface area contributed by atoms with Gasteiger partial charge in [-0.25, -0.2) is 22.3 Å². The van der Waals surface area contributed by atoms with Crippen molar-refractivity contribution in [3.05, 3.63) is 34.4 Å². The quantitative estimate of drug-likeness (QED) is 0.777. The molecule has 0 aliphatic carbocycles. The summed E-state index contributed by atoms with van der Waals surface area (Å²) in [7, 11) is -2.75. The summed E-state index contributed by atoms with van der Waals surface area (Å²) in [4.78, 5) is 10.4. The van der Waals surface area contributed by atoms with Crippen molar-refractivity contribution in [3.63, 3.8) is 0 Å². The number of hydrogen-bond donors (Lipinski definition) is 1. The number of morpholine rings is 1. The second-order valence-electron chi connectivity index (χ2n) is 5.45. The lowest BCUT2D eigenvalue weighted by Crippen LogP contribution is -2.43. The minimum Gasteiger partial charge on any atom is -0.478 e. The topological polar surface area (TPSA) is 128 Å². The Kier molecular flexibility index (Phi) is 4.92. The summed E-state index contributed by atoms with van der Waals surface area (Å²) >= 11 is 5.67. The SMILES string of the molecule is Cn1nnnc1C1CN(S(=O)(=O)c2cc(C(=O)O)c(Cl)cc2F)CCO1. The fourth-order valence-electron chi connectivity index (χ4n) is 2.54. The van der Waals surface area contributed by atoms with Crippen LogP contribution in [0.5, 0.6) is 0 Å². The normalized spacial score (nSPS) is 18.8. The van der Waals surface area contributed by atoms with Crippen LogP contribution in [0.2, 0.25) is 5.02 Å². The molecule has 1 unspecified atom stereocenters. The molecule has 2 aromatic rings. The van der Waals surface area contributed by atoms with E-state index in [1.807, 2.05) is 0 Å². The molecule has 10 nitrogen and oxygen atoms in total. The summed E-state index contributed by atoms with van der Waals surface area (Å²) in [5.41, 5.74) is -0.506. The Labute approximate surface area is 152 Å². The zero-order valence-corrected chi connectivity index (χ0v) is 14.9. The van der Waals surface area contributed by atoms with Gasteiger partial charge in [0.25, 0.3) is 0 Å². The molecule has 26 heavy (non-hydrogen) atoms. The summed E-state index contributed by atoms with van der Waals surface area (Å²) in [5.74, 6) is -2.28. The van der Waals surface area contributed by atoms with Gasteiger partial charge in [0.05, 0.1) is 17.2 Å². The van der Waals surface area contributed by atoms with Gasteiger partial charge in [0.15, 0.2) is 5.82 Å². The van der Waals surface area contributed by atoms with Crippen molar-refractivity contribution in [3.8, 4) is 0 Å². The molecular formula is C13H13ClFN5O5S. The highest BCUT2D eigenvalue weighted by Gasteiger charge is 2.35. The highest BCUT2D eigenvalue weighted by Crippen LogP contribution is 2.29. The predicted octanol–water partition coefficient (Wildman–Crippen LogP) is 0.463. The standard InChI is InChI=1S/C13H13ClFN5O5S/c1-19-12(16-17-18-19)10-6-20(2-3-25-10)26(23,24)11-4-7(13(21)22)8(14)5-9(11)15/h4-5,10H,2-3,6H2,1H3,(H,21,22). The van der Waals surface area contributed by atoms with Gasteiger partial charge < -0.3 is 9.84 Å². The third-order valence-corrected chi connectivity index (χ3v) is 6.03. The maximum absolute atomic E-state index is 14.2. The van der Waals surface area contributed by atoms with Gasteiger partial charge in [0.2, 0.25) is 10.0 Å². The first-order valence-corrected chi connectivity index (χ1v) is 9.10. The summed E-state index contributed by atoms with van der Waals surface area (Å²) < 4.78 is 47.7. The highest BCUT2D eigenvalue weighted by molar-refractivity contribution is 7.89. The van der Waals surface area contributed by atoms with Gasteiger partial charge in [-0.2, -0.15) is 4.31 Å². The Hall–Kier alpha value is -2.15. The Morgan fingerprint density at radius 1 is 1.46 bits per heavy atom. The van der Waals surface area contributed by atoms with E-state index in [-0.39, 0.29) is 24.7 Å². The number of tetrazole rings is 1. The van der Waals surface area contributed by atoms with Crippen LogP contribution in [-0.4, -0.2) is 63.7 Å². The second-order valence-corrected chi connectivity index (χ2v) is 7.76. The summed E-state index contributed by atoms with van der Waals surface area (Å²) in [6, 6.07) is 1.38. The molecule has 0 radical (unpaired) electrons. The van der Waals surface area contributed by atoms with Gasteiger partial charge in [-0.05, 0) is 22.6 Å². The van der Waals surface area contributed by atoms with Crippen molar-refractivity contribution in [2.75, 3.05) is 19.7 Å². The van der Waals surface area contributed by atoms with Crippen molar-refractivity contribution in [2.45, 2.75) is 11.0 Å². The van der Waals surface area contributed by atoms with E-state index in [0.29, 0.717) is 18.0 Å². The van der Waals surface area contributed by atoms with Gasteiger partial charge in [0.1, 0.15) is 16.8 Å². The molecule has 1 aliphatic rings. The number of benzene rings is 1. The number of rotatable bonds is 4. The average molecular weight is 406 g/mol. The molecule has 0 saturated carbocycles. The van der Waals surface area contributed by atoms with E-state index in [2.05, 4.69) is 15.5 Å². The van der Waals surface area contributed by atoms with Crippen molar-refractivity contribution >= 4 is 27.6 Å². The third kappa shape index (κ3) is 3.28. The number of carbonyl (C=O) groups is 1. The molecule has 1 aliphatic heterocycles. The number of nitrogens with zero attached hydrogens (tertiary/aromatic N) is 5. The van der Waals surface area contributed by atoms with Crippen molar-refractivity contribution in [2.24, 2.45) is 7.05 Å². The first kappa shape index (κ1) is 18.6. The molecular weight excluding hydrogens is 393 g/mol. The molecule has 0 amide bonds. The number of carboxylic acids is 1. The van der Waals surface area contributed by atoms with Gasteiger partial charge in [-0.15, -0.1) is 5.10 Å². The van der Waals surface area contributed by atoms with Gasteiger partial charge in [-0.1, -0.05) is 11.6 Å². The highest BCUT2D eigenvalue weighted by atomic mass is 35.5. The number of hydrogen-bond acceptors (Lipinski definition) is 7. The number of aromatic carboxylic acids is 1. The lowest BCUT2D eigenvalue weighted by molar-refractivity contribution is -0.00957. The van der Waals surface area contributed by atoms with E-state index < -0.39 is 38.4 Å². The zero-order chi connectivity index (χ0) is 19.1. The first-order valence-electron chi connectivity index (χ1n) is 7.28. The van der Waals surface area contributed by atoms with Crippen LogP contribution in [0.25, 0.3) is 0 Å². The van der Waals surface area contributed by atoms with E-state index in [4.69, 9.17) is 21.4 Å². The van der Waals surface area contributed by atoms with Crippen LogP contribution < -0.4 is 0 Å². The monoisotopic (exact) mass is 405 g/mol. The third-order valence-electron chi connectivity index (χ3n) is 3.84. The van der Waals surface area contributed by atoms with Crippen LogP contribution in [0.3, 0.4) is 0 Å². The van der Waals surface area contributed by atoms with Crippen LogP contribution in [0, 0.1) is 5.82 Å². The average Bonchev–Trinajstić information content (AvgIpc) is 3.00. The number of halogens is 2. The predicted molar refractivity (Wildman–Crippen MR) is 84.6 cm³/mol. The Morgan fingerprint density at radius 3 is 2.81 bits per heavy atom. The number of ether oxygens (including phenoxy) is 1. The minimum atomic E-state index is -4.32. The van der Waals surface area contributed by atoms with Crippen LogP contribution in [0.4, 0.5) is 4.39 Å². The van der Waals surface area contributed by atoms with E-state index in [9.17, 15) is 17.6 Å². The van der Waals surface area contributed by atoms with E-state index in [1.54, 1.807) is 7.05 Å². The molecule has 1 atom stereocenters. The molecule has 0 bridgehead atoms. The molecule has 140 valence electrons. The number of aromatic nitrogens is 4. The molecule has 1 saturated heterocycles. The number of aryl methyl sites for hydroxylation is 1. The molecule has 1 fully saturated rings. The largest absolute Gasteiger partial charge is 0.478 e. The fraction of sp³-hybridized carbons (Fsp3) is 0.385. The fourth-order valence-corrected chi connectivity index (χ4v) is 4.27. The summed E-state index contributed by atoms with van der Waals surface area (Å²) in [6.07, 6.45) is -0.743. The summed E-state index contributed by atoms with van der Waals surface area (Å²) in [6.45, 7) is -0.145. The minimum absolute atomic E-state index is 0.0332. The Morgan fingerprint density at radius 2 is 2.19 bits per heavy atom. The van der Waals surface area contributed by atoms with Crippen molar-refractivity contribution < 1.29 is 27.4 Å². The molecule has 1 N–H and O–H groups in total. The maximum Gasteiger partial charge on any atom is 0.337 e. The van der Waals surface area contributed by atoms with Gasteiger partial charge in [-0.3, -0.25) is 0 Å². The Balaban J connectivity index is 1.96. The van der Waals surface area contributed by atoms with Gasteiger partial charge >= 0.3 is 5.97 Å². The van der Waals surface area contributed by atoms with E-state index in [0.717, 1.165) is 4.31 Å². The molecule has 1 aromatic carbocycles. The van der Waals surface area contributed by atoms with Crippen molar-refractivity contribution in [1.29, 1.82) is 0 Å². The van der Waals surface area contributed by atoms with E-state index in [1.165, 1.54) is 4.68 Å². The lowest BCUT2D eigenvalue weighted by Gasteiger charge is -2.31. The van der Waals surface area contributed by atoms with E-state index >= 15 is 0 Å². The second kappa shape index (κ2) is 6.87. The molecule has 0 spiro atoms. The molecule has 3 rings (SSSR count). The maximum atomic E-state index is 14.2. The Bertz CT molecular complexity index is 966. The lowest BCUT2D eigenvalue weighted by atomic mass is 10.2. The van der Waals surface area contributed by atoms with Crippen LogP contribution in [0.15, 0.2) is 17.0 Å². The van der Waals surface area contributed by atoms with Crippen LogP contribution >= 0.6 is 11.6 Å². The van der Waals surface area contributed by atoms with Crippen LogP contribution in [0.1, 0.15) is 22.3 Å². The smallest absolute Gasteiger partial charge is 0.337 e.